The van der Waals surface area contributed by atoms with Crippen LogP contribution in [0.25, 0.3) is 0 Å². The molecule has 0 saturated carbocycles. The van der Waals surface area contributed by atoms with E-state index in [2.05, 4.69) is 5.32 Å². The third-order valence-electron chi connectivity index (χ3n) is 4.49. The first-order chi connectivity index (χ1) is 10.5. The molecule has 1 N–H and O–H groups in total. The van der Waals surface area contributed by atoms with Crippen molar-refractivity contribution in [3.05, 3.63) is 35.1 Å². The maximum atomic E-state index is 14.7. The van der Waals surface area contributed by atoms with E-state index in [-0.39, 0.29) is 24.4 Å². The molecule has 22 heavy (non-hydrogen) atoms. The number of hydrogen-bond donors (Lipinski definition) is 1. The molecule has 1 amide bonds. The fourth-order valence-electron chi connectivity index (χ4n) is 3.24. The molecule has 2 fully saturated rings. The smallest absolute Gasteiger partial charge is 0.267 e. The lowest BCUT2D eigenvalue weighted by atomic mass is 9.88. The number of amides is 1. The molecule has 3 nitrogen and oxygen atoms in total. The first-order valence-corrected chi connectivity index (χ1v) is 7.64. The van der Waals surface area contributed by atoms with Gasteiger partial charge in [-0.3, -0.25) is 4.79 Å². The Morgan fingerprint density at radius 3 is 2.64 bits per heavy atom. The van der Waals surface area contributed by atoms with Crippen LogP contribution in [0.4, 0.5) is 13.2 Å². The van der Waals surface area contributed by atoms with Gasteiger partial charge in [-0.1, -0.05) is 12.1 Å². The third kappa shape index (κ3) is 2.97. The Kier molecular flexibility index (Phi) is 4.12. The molecule has 0 aliphatic carbocycles. The van der Waals surface area contributed by atoms with Gasteiger partial charge in [0, 0.05) is 13.0 Å². The number of likely N-dealkylation sites (tertiary alicyclic amines) is 1. The maximum absolute atomic E-state index is 14.7. The standard InChI is InChI=1S/C16H19F3N2O/c17-14-12(11-4-7-20-8-5-11)2-1-3-13(14)15(22)21-9-6-16(18,19)10-21/h1-3,11,20H,4-10H2. The highest BCUT2D eigenvalue weighted by Gasteiger charge is 2.41. The van der Waals surface area contributed by atoms with Crippen LogP contribution in [0.15, 0.2) is 18.2 Å². The highest BCUT2D eigenvalue weighted by Crippen LogP contribution is 2.31. The molecule has 0 radical (unpaired) electrons. The minimum absolute atomic E-state index is 0.0250. The predicted molar refractivity (Wildman–Crippen MR) is 76.7 cm³/mol. The molecule has 1 aromatic carbocycles. The summed E-state index contributed by atoms with van der Waals surface area (Å²) in [6.07, 6.45) is 1.28. The zero-order chi connectivity index (χ0) is 15.7. The van der Waals surface area contributed by atoms with Gasteiger partial charge in [0.1, 0.15) is 5.82 Å². The van der Waals surface area contributed by atoms with Crippen LogP contribution in [-0.2, 0) is 0 Å². The second-order valence-electron chi connectivity index (χ2n) is 6.07. The van der Waals surface area contributed by atoms with E-state index in [1.165, 1.54) is 6.07 Å². The van der Waals surface area contributed by atoms with Gasteiger partial charge in [-0.25, -0.2) is 13.2 Å². The summed E-state index contributed by atoms with van der Waals surface area (Å²) in [4.78, 5) is 13.4. The van der Waals surface area contributed by atoms with Crippen molar-refractivity contribution in [3.8, 4) is 0 Å². The van der Waals surface area contributed by atoms with Gasteiger partial charge in [-0.2, -0.15) is 0 Å². The van der Waals surface area contributed by atoms with E-state index in [1.807, 2.05) is 0 Å². The summed E-state index contributed by atoms with van der Waals surface area (Å²) in [7, 11) is 0. The Morgan fingerprint density at radius 1 is 1.27 bits per heavy atom. The van der Waals surface area contributed by atoms with Crippen molar-refractivity contribution in [3.63, 3.8) is 0 Å². The third-order valence-corrected chi connectivity index (χ3v) is 4.49. The van der Waals surface area contributed by atoms with Crippen molar-refractivity contribution in [2.24, 2.45) is 0 Å². The van der Waals surface area contributed by atoms with Crippen molar-refractivity contribution in [1.82, 2.24) is 10.2 Å². The molecule has 2 heterocycles. The Balaban J connectivity index is 1.83. The Morgan fingerprint density at radius 2 is 2.00 bits per heavy atom. The Hall–Kier alpha value is -1.56. The van der Waals surface area contributed by atoms with Gasteiger partial charge in [-0.15, -0.1) is 0 Å². The summed E-state index contributed by atoms with van der Waals surface area (Å²) in [6.45, 7) is 0.993. The van der Waals surface area contributed by atoms with Gasteiger partial charge in [-0.05, 0) is 43.5 Å². The van der Waals surface area contributed by atoms with Gasteiger partial charge in [0.15, 0.2) is 0 Å². The monoisotopic (exact) mass is 312 g/mol. The Bertz CT molecular complexity index is 571. The molecular formula is C16H19F3N2O. The molecule has 0 spiro atoms. The van der Waals surface area contributed by atoms with Crippen LogP contribution < -0.4 is 5.32 Å². The van der Waals surface area contributed by atoms with E-state index in [0.29, 0.717) is 5.56 Å². The van der Waals surface area contributed by atoms with Crippen LogP contribution >= 0.6 is 0 Å². The SMILES string of the molecule is O=C(c1cccc(C2CCNCC2)c1F)N1CCC(F)(F)C1. The molecule has 6 heteroatoms. The molecule has 0 aromatic heterocycles. The number of piperidine rings is 1. The molecule has 0 bridgehead atoms. The summed E-state index contributed by atoms with van der Waals surface area (Å²) in [5, 5.41) is 3.21. The van der Waals surface area contributed by atoms with Crippen molar-refractivity contribution in [1.29, 1.82) is 0 Å². The average Bonchev–Trinajstić information content (AvgIpc) is 2.88. The zero-order valence-corrected chi connectivity index (χ0v) is 12.2. The van der Waals surface area contributed by atoms with Crippen LogP contribution in [0.5, 0.6) is 0 Å². The van der Waals surface area contributed by atoms with Crippen molar-refractivity contribution in [2.75, 3.05) is 26.2 Å². The van der Waals surface area contributed by atoms with E-state index >= 15 is 0 Å². The van der Waals surface area contributed by atoms with Crippen molar-refractivity contribution < 1.29 is 18.0 Å². The van der Waals surface area contributed by atoms with Crippen molar-refractivity contribution >= 4 is 5.91 Å². The summed E-state index contributed by atoms with van der Waals surface area (Å²) in [6, 6.07) is 4.72. The lowest BCUT2D eigenvalue weighted by molar-refractivity contribution is 0.0119. The van der Waals surface area contributed by atoms with E-state index in [9.17, 15) is 18.0 Å². The maximum Gasteiger partial charge on any atom is 0.267 e. The quantitative estimate of drug-likeness (QED) is 0.911. The van der Waals surface area contributed by atoms with Crippen LogP contribution in [0.3, 0.4) is 0 Å². The van der Waals surface area contributed by atoms with E-state index < -0.39 is 24.2 Å². The van der Waals surface area contributed by atoms with Gasteiger partial charge in [0.25, 0.3) is 11.8 Å². The summed E-state index contributed by atoms with van der Waals surface area (Å²) in [5.41, 5.74) is 0.437. The predicted octanol–water partition coefficient (Wildman–Crippen LogP) is 2.77. The van der Waals surface area contributed by atoms with Gasteiger partial charge < -0.3 is 10.2 Å². The second kappa shape index (κ2) is 5.91. The molecule has 2 saturated heterocycles. The van der Waals surface area contributed by atoms with E-state index in [4.69, 9.17) is 0 Å². The lowest BCUT2D eigenvalue weighted by Gasteiger charge is -2.24. The fraction of sp³-hybridized carbons (Fsp3) is 0.562. The van der Waals surface area contributed by atoms with E-state index in [1.54, 1.807) is 12.1 Å². The number of carbonyl (C=O) groups is 1. The molecular weight excluding hydrogens is 293 g/mol. The molecule has 0 atom stereocenters. The summed E-state index contributed by atoms with van der Waals surface area (Å²) in [5.74, 6) is -3.97. The molecule has 0 unspecified atom stereocenters. The topological polar surface area (TPSA) is 32.3 Å². The first-order valence-electron chi connectivity index (χ1n) is 7.64. The largest absolute Gasteiger partial charge is 0.332 e. The van der Waals surface area contributed by atoms with Crippen LogP contribution in [-0.4, -0.2) is 42.9 Å². The molecule has 2 aliphatic heterocycles. The minimum atomic E-state index is -2.86. The first kappa shape index (κ1) is 15.3. The summed E-state index contributed by atoms with van der Waals surface area (Å²) < 4.78 is 41.2. The van der Waals surface area contributed by atoms with E-state index in [0.717, 1.165) is 30.8 Å². The number of nitrogens with one attached hydrogen (secondary N) is 1. The highest BCUT2D eigenvalue weighted by atomic mass is 19.3. The van der Waals surface area contributed by atoms with Crippen LogP contribution in [0, 0.1) is 5.82 Å². The number of halogens is 3. The Labute approximate surface area is 127 Å². The molecule has 3 rings (SSSR count). The van der Waals surface area contributed by atoms with Gasteiger partial charge in [0.05, 0.1) is 12.1 Å². The summed E-state index contributed by atoms with van der Waals surface area (Å²) >= 11 is 0. The molecule has 2 aliphatic rings. The second-order valence-corrected chi connectivity index (χ2v) is 6.07. The number of nitrogens with zero attached hydrogens (tertiary/aromatic N) is 1. The van der Waals surface area contributed by atoms with Gasteiger partial charge in [0.2, 0.25) is 0 Å². The minimum Gasteiger partial charge on any atom is -0.332 e. The van der Waals surface area contributed by atoms with Crippen molar-refractivity contribution in [2.45, 2.75) is 31.1 Å². The highest BCUT2D eigenvalue weighted by molar-refractivity contribution is 5.95. The van der Waals surface area contributed by atoms with Crippen LogP contribution in [0.2, 0.25) is 0 Å². The van der Waals surface area contributed by atoms with Gasteiger partial charge >= 0.3 is 0 Å². The lowest BCUT2D eigenvalue weighted by Crippen LogP contribution is -2.32. The number of carbonyl (C=O) groups excluding carboxylic acids is 1. The number of benzene rings is 1. The normalized spacial score (nSPS) is 22.0. The van der Waals surface area contributed by atoms with Crippen LogP contribution in [0.1, 0.15) is 41.1 Å². The number of alkyl halides is 2. The zero-order valence-electron chi connectivity index (χ0n) is 12.2. The number of rotatable bonds is 2. The average molecular weight is 312 g/mol. The molecule has 1 aromatic rings. The molecule has 120 valence electrons. The fourth-order valence-corrected chi connectivity index (χ4v) is 3.24. The number of hydrogen-bond acceptors (Lipinski definition) is 2.